The summed E-state index contributed by atoms with van der Waals surface area (Å²) in [5.41, 5.74) is 1.74. The average molecular weight is 322 g/mol. The summed E-state index contributed by atoms with van der Waals surface area (Å²) in [7, 11) is 1.74. The van der Waals surface area contributed by atoms with E-state index < -0.39 is 0 Å². The van der Waals surface area contributed by atoms with Crippen LogP contribution in [0.5, 0.6) is 0 Å². The molecule has 2 aromatic heterocycles. The van der Waals surface area contributed by atoms with Crippen LogP contribution in [0.4, 0.5) is 5.82 Å². The number of thiophene rings is 1. The first-order valence-corrected chi connectivity index (χ1v) is 8.15. The minimum atomic E-state index is -0.129. The Labute approximate surface area is 132 Å². The van der Waals surface area contributed by atoms with Crippen molar-refractivity contribution in [2.24, 2.45) is 0 Å². The summed E-state index contributed by atoms with van der Waals surface area (Å²) in [5, 5.41) is 8.51. The molecule has 0 aromatic carbocycles. The standard InChI is InChI=1S/C15H16ClN3OS/c1-17-14-11(16)7-9(8-18-14)15(20)19-12-3-2-4-13-10(12)5-6-21-13/h5-8,12H,2-4H2,1H3,(H,17,18)(H,19,20). The zero-order chi connectivity index (χ0) is 14.8. The van der Waals surface area contributed by atoms with Gasteiger partial charge >= 0.3 is 0 Å². The van der Waals surface area contributed by atoms with Gasteiger partial charge in [-0.1, -0.05) is 11.6 Å². The van der Waals surface area contributed by atoms with E-state index in [2.05, 4.69) is 27.1 Å². The van der Waals surface area contributed by atoms with Gasteiger partial charge in [0.25, 0.3) is 5.91 Å². The summed E-state index contributed by atoms with van der Waals surface area (Å²) in [6.45, 7) is 0. The maximum Gasteiger partial charge on any atom is 0.253 e. The lowest BCUT2D eigenvalue weighted by molar-refractivity contribution is 0.0932. The van der Waals surface area contributed by atoms with Crippen molar-refractivity contribution in [3.05, 3.63) is 44.7 Å². The number of aryl methyl sites for hydroxylation is 1. The van der Waals surface area contributed by atoms with Crippen LogP contribution in [0.15, 0.2) is 23.7 Å². The molecule has 0 bridgehead atoms. The number of anilines is 1. The van der Waals surface area contributed by atoms with Gasteiger partial charge in [0.1, 0.15) is 5.82 Å². The molecule has 21 heavy (non-hydrogen) atoms. The second-order valence-corrected chi connectivity index (χ2v) is 6.43. The van der Waals surface area contributed by atoms with Gasteiger partial charge in [-0.25, -0.2) is 4.98 Å². The predicted molar refractivity (Wildman–Crippen MR) is 86.3 cm³/mol. The quantitative estimate of drug-likeness (QED) is 0.907. The van der Waals surface area contributed by atoms with E-state index in [1.807, 2.05) is 0 Å². The van der Waals surface area contributed by atoms with Crippen LogP contribution in [0.2, 0.25) is 5.02 Å². The van der Waals surface area contributed by atoms with E-state index in [0.29, 0.717) is 16.4 Å². The molecular formula is C15H16ClN3OS. The number of fused-ring (bicyclic) bond motifs is 1. The summed E-state index contributed by atoms with van der Waals surface area (Å²) < 4.78 is 0. The first-order valence-electron chi connectivity index (χ1n) is 6.89. The number of hydrogen-bond donors (Lipinski definition) is 2. The molecule has 0 spiro atoms. The van der Waals surface area contributed by atoms with Gasteiger partial charge in [0.05, 0.1) is 16.6 Å². The first kappa shape index (κ1) is 14.4. The van der Waals surface area contributed by atoms with Gasteiger partial charge in [0, 0.05) is 18.1 Å². The molecule has 0 radical (unpaired) electrons. The number of carbonyl (C=O) groups is 1. The van der Waals surface area contributed by atoms with Crippen molar-refractivity contribution in [1.29, 1.82) is 0 Å². The number of carbonyl (C=O) groups excluding carboxylic acids is 1. The second kappa shape index (κ2) is 6.03. The molecular weight excluding hydrogens is 306 g/mol. The van der Waals surface area contributed by atoms with E-state index in [0.717, 1.165) is 19.3 Å². The lowest BCUT2D eigenvalue weighted by atomic mass is 9.94. The first-order chi connectivity index (χ1) is 10.2. The van der Waals surface area contributed by atoms with Crippen LogP contribution in [0, 0.1) is 0 Å². The fraction of sp³-hybridized carbons (Fsp3) is 0.333. The Bertz CT molecular complexity index is 671. The third-order valence-corrected chi connectivity index (χ3v) is 4.98. The van der Waals surface area contributed by atoms with Gasteiger partial charge in [-0.3, -0.25) is 4.79 Å². The highest BCUT2D eigenvalue weighted by Crippen LogP contribution is 2.33. The van der Waals surface area contributed by atoms with Crippen LogP contribution in [-0.2, 0) is 6.42 Å². The van der Waals surface area contributed by atoms with Crippen molar-refractivity contribution in [1.82, 2.24) is 10.3 Å². The third kappa shape index (κ3) is 2.89. The van der Waals surface area contributed by atoms with Crippen LogP contribution in [0.25, 0.3) is 0 Å². The van der Waals surface area contributed by atoms with Crippen molar-refractivity contribution in [2.45, 2.75) is 25.3 Å². The van der Waals surface area contributed by atoms with Crippen LogP contribution >= 0.6 is 22.9 Å². The lowest BCUT2D eigenvalue weighted by Crippen LogP contribution is -2.30. The zero-order valence-electron chi connectivity index (χ0n) is 11.6. The van der Waals surface area contributed by atoms with Crippen molar-refractivity contribution in [3.63, 3.8) is 0 Å². The molecule has 3 rings (SSSR count). The highest BCUT2D eigenvalue weighted by molar-refractivity contribution is 7.10. The summed E-state index contributed by atoms with van der Waals surface area (Å²) in [6, 6.07) is 3.85. The van der Waals surface area contributed by atoms with E-state index in [4.69, 9.17) is 11.6 Å². The molecule has 1 amide bonds. The van der Waals surface area contributed by atoms with Gasteiger partial charge < -0.3 is 10.6 Å². The number of rotatable bonds is 3. The van der Waals surface area contributed by atoms with Crippen LogP contribution in [0.3, 0.4) is 0 Å². The Morgan fingerprint density at radius 3 is 3.14 bits per heavy atom. The fourth-order valence-electron chi connectivity index (χ4n) is 2.62. The van der Waals surface area contributed by atoms with Gasteiger partial charge in [-0.05, 0) is 42.3 Å². The molecule has 0 fully saturated rings. The summed E-state index contributed by atoms with van der Waals surface area (Å²) in [6.07, 6.45) is 4.75. The number of halogens is 1. The molecule has 2 heterocycles. The molecule has 0 saturated carbocycles. The molecule has 4 nitrogen and oxygen atoms in total. The molecule has 1 aliphatic rings. The number of nitrogens with zero attached hydrogens (tertiary/aromatic N) is 1. The van der Waals surface area contributed by atoms with Crippen molar-refractivity contribution < 1.29 is 4.79 Å². The normalized spacial score (nSPS) is 17.1. The topological polar surface area (TPSA) is 54.0 Å². The van der Waals surface area contributed by atoms with E-state index in [1.54, 1.807) is 30.6 Å². The van der Waals surface area contributed by atoms with Crippen LogP contribution in [-0.4, -0.2) is 17.9 Å². The van der Waals surface area contributed by atoms with E-state index in [-0.39, 0.29) is 11.9 Å². The molecule has 0 saturated heterocycles. The SMILES string of the molecule is CNc1ncc(C(=O)NC2CCCc3sccc32)cc1Cl. The lowest BCUT2D eigenvalue weighted by Gasteiger charge is -2.23. The maximum atomic E-state index is 12.4. The number of pyridine rings is 1. The Morgan fingerprint density at radius 2 is 2.38 bits per heavy atom. The summed E-state index contributed by atoms with van der Waals surface area (Å²) in [5.74, 6) is 0.446. The molecule has 2 N–H and O–H groups in total. The smallest absolute Gasteiger partial charge is 0.253 e. The van der Waals surface area contributed by atoms with Crippen LogP contribution < -0.4 is 10.6 Å². The Hall–Kier alpha value is -1.59. The number of nitrogens with one attached hydrogen (secondary N) is 2. The van der Waals surface area contributed by atoms with Gasteiger partial charge in [0.15, 0.2) is 0 Å². The molecule has 1 aliphatic carbocycles. The number of aromatic nitrogens is 1. The molecule has 1 atom stereocenters. The minimum Gasteiger partial charge on any atom is -0.372 e. The van der Waals surface area contributed by atoms with E-state index >= 15 is 0 Å². The summed E-state index contributed by atoms with van der Waals surface area (Å²) in [4.78, 5) is 17.9. The fourth-order valence-corrected chi connectivity index (χ4v) is 3.87. The second-order valence-electron chi connectivity index (χ2n) is 5.02. The predicted octanol–water partition coefficient (Wildman–Crippen LogP) is 3.65. The molecule has 0 aliphatic heterocycles. The van der Waals surface area contributed by atoms with Crippen molar-refractivity contribution in [2.75, 3.05) is 12.4 Å². The third-order valence-electron chi connectivity index (χ3n) is 3.70. The van der Waals surface area contributed by atoms with Crippen molar-refractivity contribution in [3.8, 4) is 0 Å². The molecule has 6 heteroatoms. The Morgan fingerprint density at radius 1 is 1.52 bits per heavy atom. The van der Waals surface area contributed by atoms with E-state index in [9.17, 15) is 4.79 Å². The molecule has 2 aromatic rings. The van der Waals surface area contributed by atoms with Gasteiger partial charge in [-0.15, -0.1) is 11.3 Å². The molecule has 1 unspecified atom stereocenters. The van der Waals surface area contributed by atoms with Gasteiger partial charge in [0.2, 0.25) is 0 Å². The highest BCUT2D eigenvalue weighted by atomic mass is 35.5. The van der Waals surface area contributed by atoms with Crippen LogP contribution in [0.1, 0.15) is 39.7 Å². The van der Waals surface area contributed by atoms with Gasteiger partial charge in [-0.2, -0.15) is 0 Å². The Balaban J connectivity index is 1.77. The largest absolute Gasteiger partial charge is 0.372 e. The monoisotopic (exact) mass is 321 g/mol. The van der Waals surface area contributed by atoms with E-state index in [1.165, 1.54) is 10.4 Å². The number of amides is 1. The van der Waals surface area contributed by atoms with Crippen molar-refractivity contribution >= 4 is 34.7 Å². The number of hydrogen-bond acceptors (Lipinski definition) is 4. The minimum absolute atomic E-state index is 0.0928. The molecule has 110 valence electrons. The zero-order valence-corrected chi connectivity index (χ0v) is 13.2. The summed E-state index contributed by atoms with van der Waals surface area (Å²) >= 11 is 7.84. The Kier molecular flexibility index (Phi) is 4.12. The average Bonchev–Trinajstić information content (AvgIpc) is 2.96. The maximum absolute atomic E-state index is 12.4. The highest BCUT2D eigenvalue weighted by Gasteiger charge is 2.23.